The first kappa shape index (κ1) is 10.2. The molecule has 0 aliphatic carbocycles. The normalized spacial score (nSPS) is 16.9. The summed E-state index contributed by atoms with van der Waals surface area (Å²) in [6.45, 7) is 0. The third kappa shape index (κ3) is 1.63. The Hall–Kier alpha value is -1.35. The smallest absolute Gasteiger partial charge is 0.291 e. The molecular formula is C6H7N5O2S2. The molecule has 0 unspecified atom stereocenters. The molecule has 0 saturated heterocycles. The van der Waals surface area contributed by atoms with Gasteiger partial charge in [-0.1, -0.05) is 11.8 Å². The Balaban J connectivity index is 2.73. The van der Waals surface area contributed by atoms with Crippen LogP contribution >= 0.6 is 11.8 Å². The summed E-state index contributed by atoms with van der Waals surface area (Å²) in [5.41, 5.74) is 5.54. The van der Waals surface area contributed by atoms with Crippen molar-refractivity contribution in [3.05, 3.63) is 0 Å². The van der Waals surface area contributed by atoms with Gasteiger partial charge < -0.3 is 11.1 Å². The Morgan fingerprint density at radius 2 is 2.20 bits per heavy atom. The number of hydrogen-bond acceptors (Lipinski definition) is 7. The van der Waals surface area contributed by atoms with E-state index in [4.69, 9.17) is 5.73 Å². The lowest BCUT2D eigenvalue weighted by Gasteiger charge is -2.12. The van der Waals surface area contributed by atoms with Crippen molar-refractivity contribution >= 4 is 39.8 Å². The van der Waals surface area contributed by atoms with Crippen molar-refractivity contribution in [1.29, 1.82) is 0 Å². The van der Waals surface area contributed by atoms with E-state index < -0.39 is 10.0 Å². The van der Waals surface area contributed by atoms with E-state index in [2.05, 4.69) is 19.7 Å². The van der Waals surface area contributed by atoms with Crippen LogP contribution in [0.1, 0.15) is 0 Å². The molecule has 15 heavy (non-hydrogen) atoms. The summed E-state index contributed by atoms with van der Waals surface area (Å²) in [6, 6.07) is 0. The van der Waals surface area contributed by atoms with Crippen LogP contribution in [0.15, 0.2) is 14.4 Å². The second kappa shape index (κ2) is 3.35. The Bertz CT molecular complexity index is 539. The van der Waals surface area contributed by atoms with Crippen LogP contribution in [-0.2, 0) is 10.0 Å². The predicted molar refractivity (Wildman–Crippen MR) is 57.5 cm³/mol. The van der Waals surface area contributed by atoms with Gasteiger partial charge in [-0.3, -0.25) is 0 Å². The number of nitrogens with one attached hydrogen (secondary N) is 1. The molecule has 2 heterocycles. The van der Waals surface area contributed by atoms with E-state index in [1.165, 1.54) is 11.8 Å². The van der Waals surface area contributed by atoms with Crippen molar-refractivity contribution in [2.45, 2.75) is 10.1 Å². The van der Waals surface area contributed by atoms with Crippen molar-refractivity contribution in [3.63, 3.8) is 0 Å². The predicted octanol–water partition coefficient (Wildman–Crippen LogP) is -0.0768. The molecule has 0 saturated carbocycles. The third-order valence-electron chi connectivity index (χ3n) is 1.70. The first-order valence-corrected chi connectivity index (χ1v) is 6.48. The number of rotatable bonds is 1. The maximum absolute atomic E-state index is 11.5. The highest BCUT2D eigenvalue weighted by atomic mass is 32.2. The molecule has 3 N–H and O–H groups in total. The van der Waals surface area contributed by atoms with Crippen molar-refractivity contribution in [3.8, 4) is 0 Å². The number of hydrogen-bond donors (Lipinski definition) is 2. The van der Waals surface area contributed by atoms with Crippen LogP contribution in [0, 0.1) is 0 Å². The molecule has 7 nitrogen and oxygen atoms in total. The number of fused-ring (bicyclic) bond motifs is 1. The summed E-state index contributed by atoms with van der Waals surface area (Å²) in [5, 5.41) is 3.03. The fourth-order valence-electron chi connectivity index (χ4n) is 1.10. The molecule has 0 aromatic carbocycles. The number of aromatic nitrogens is 2. The largest absolute Gasteiger partial charge is 0.382 e. The zero-order chi connectivity index (χ0) is 11.1. The number of thioether (sulfide) groups is 1. The minimum absolute atomic E-state index is 0.0892. The number of sulfonamides is 1. The first-order valence-electron chi connectivity index (χ1n) is 3.81. The molecular weight excluding hydrogens is 238 g/mol. The van der Waals surface area contributed by atoms with Gasteiger partial charge in [0, 0.05) is 0 Å². The van der Waals surface area contributed by atoms with E-state index >= 15 is 0 Å². The second-order valence-electron chi connectivity index (χ2n) is 2.63. The molecule has 0 amide bonds. The van der Waals surface area contributed by atoms with Crippen LogP contribution < -0.4 is 11.1 Å². The Morgan fingerprint density at radius 1 is 1.47 bits per heavy atom. The maximum Gasteiger partial charge on any atom is 0.291 e. The molecule has 1 aliphatic heterocycles. The summed E-state index contributed by atoms with van der Waals surface area (Å²) >= 11 is 1.27. The topological polar surface area (TPSA) is 110 Å². The summed E-state index contributed by atoms with van der Waals surface area (Å²) < 4.78 is 26.3. The molecule has 0 radical (unpaired) electrons. The number of nitrogen functional groups attached to an aromatic ring is 1. The van der Waals surface area contributed by atoms with Gasteiger partial charge in [0.05, 0.1) is 0 Å². The highest BCUT2D eigenvalue weighted by molar-refractivity contribution is 7.98. The molecule has 1 aromatic rings. The van der Waals surface area contributed by atoms with Crippen molar-refractivity contribution < 1.29 is 8.42 Å². The molecule has 1 aliphatic rings. The molecule has 0 spiro atoms. The van der Waals surface area contributed by atoms with E-state index in [9.17, 15) is 8.42 Å². The highest BCUT2D eigenvalue weighted by Crippen LogP contribution is 2.29. The average Bonchev–Trinajstić information content (AvgIpc) is 2.15. The fraction of sp³-hybridized carbons (Fsp3) is 0.167. The summed E-state index contributed by atoms with van der Waals surface area (Å²) in [4.78, 5) is 7.65. The van der Waals surface area contributed by atoms with E-state index in [1.54, 1.807) is 6.26 Å². The van der Waals surface area contributed by atoms with Crippen LogP contribution in [0.2, 0.25) is 0 Å². The van der Waals surface area contributed by atoms with Gasteiger partial charge in [-0.15, -0.1) is 4.40 Å². The van der Waals surface area contributed by atoms with Gasteiger partial charge >= 0.3 is 0 Å². The van der Waals surface area contributed by atoms with E-state index in [1.807, 2.05) is 0 Å². The minimum Gasteiger partial charge on any atom is -0.382 e. The summed E-state index contributed by atoms with van der Waals surface area (Å²) in [7, 11) is -3.75. The lowest BCUT2D eigenvalue weighted by Crippen LogP contribution is -2.16. The zero-order valence-corrected chi connectivity index (χ0v) is 9.26. The number of anilines is 2. The molecule has 9 heteroatoms. The van der Waals surface area contributed by atoms with Crippen molar-refractivity contribution in [1.82, 2.24) is 9.97 Å². The molecule has 0 fully saturated rings. The lowest BCUT2D eigenvalue weighted by molar-refractivity contribution is 0.597. The SMILES string of the molecule is CSc1nc(N)c2c(n1)NC=NS2(=O)=O. The van der Waals surface area contributed by atoms with Crippen LogP contribution in [0.4, 0.5) is 11.6 Å². The van der Waals surface area contributed by atoms with Gasteiger partial charge in [-0.05, 0) is 6.26 Å². The van der Waals surface area contributed by atoms with Crippen molar-refractivity contribution in [2.75, 3.05) is 17.3 Å². The van der Waals surface area contributed by atoms with Crippen molar-refractivity contribution in [2.24, 2.45) is 4.40 Å². The van der Waals surface area contributed by atoms with Crippen LogP contribution in [0.25, 0.3) is 0 Å². The maximum atomic E-state index is 11.5. The monoisotopic (exact) mass is 245 g/mol. The fourth-order valence-corrected chi connectivity index (χ4v) is 2.43. The highest BCUT2D eigenvalue weighted by Gasteiger charge is 2.26. The Kier molecular flexibility index (Phi) is 2.27. The van der Waals surface area contributed by atoms with Gasteiger partial charge in [0.1, 0.15) is 6.34 Å². The molecule has 1 aromatic heterocycles. The standard InChI is InChI=1S/C6H7N5O2S2/c1-14-6-10-4(7)3-5(11-6)8-2-9-15(3,12)13/h2H,1H3,(H3,7,8,9,10,11). The van der Waals surface area contributed by atoms with Crippen LogP contribution in [0.5, 0.6) is 0 Å². The van der Waals surface area contributed by atoms with Crippen LogP contribution in [-0.4, -0.2) is 31.0 Å². The van der Waals surface area contributed by atoms with E-state index in [-0.39, 0.29) is 16.5 Å². The third-order valence-corrected chi connectivity index (χ3v) is 3.55. The number of nitrogens with two attached hydrogens (primary N) is 1. The Morgan fingerprint density at radius 3 is 2.87 bits per heavy atom. The van der Waals surface area contributed by atoms with E-state index in [0.29, 0.717) is 5.16 Å². The minimum atomic E-state index is -3.75. The quantitative estimate of drug-likeness (QED) is 0.526. The van der Waals surface area contributed by atoms with Gasteiger partial charge in [0.15, 0.2) is 21.7 Å². The summed E-state index contributed by atoms with van der Waals surface area (Å²) in [5.74, 6) is 0.0792. The first-order chi connectivity index (χ1) is 7.04. The lowest BCUT2D eigenvalue weighted by atomic mass is 10.5. The molecule has 0 atom stereocenters. The van der Waals surface area contributed by atoms with Gasteiger partial charge in [-0.2, -0.15) is 8.42 Å². The average molecular weight is 245 g/mol. The van der Waals surface area contributed by atoms with Gasteiger partial charge in [0.25, 0.3) is 10.0 Å². The van der Waals surface area contributed by atoms with Crippen LogP contribution in [0.3, 0.4) is 0 Å². The van der Waals surface area contributed by atoms with E-state index in [0.717, 1.165) is 6.34 Å². The number of nitrogens with zero attached hydrogens (tertiary/aromatic N) is 3. The summed E-state index contributed by atoms with van der Waals surface area (Å²) in [6.07, 6.45) is 2.83. The molecule has 80 valence electrons. The van der Waals surface area contributed by atoms with Gasteiger partial charge in [0.2, 0.25) is 0 Å². The second-order valence-corrected chi connectivity index (χ2v) is 4.97. The Labute approximate surface area is 90.3 Å². The zero-order valence-electron chi connectivity index (χ0n) is 7.63. The van der Waals surface area contributed by atoms with Gasteiger partial charge in [-0.25, -0.2) is 9.97 Å². The molecule has 2 rings (SSSR count). The molecule has 0 bridgehead atoms.